The Morgan fingerprint density at radius 2 is 2.21 bits per heavy atom. The number of nitrogen functional groups attached to an aromatic ring is 1. The topological polar surface area (TPSA) is 69.9 Å². The molecule has 0 unspecified atom stereocenters. The Morgan fingerprint density at radius 3 is 2.86 bits per heavy atom. The molecule has 2 aromatic rings. The van der Waals surface area contributed by atoms with Crippen molar-refractivity contribution in [3.05, 3.63) is 23.8 Å². The standard InChI is InChI=1S/C10H14N4/c1-2-14-9-4-3-7(6-11)5-8(9)13-10(14)12/h3-5H,2,6,11H2,1H3,(H2,12,13). The van der Waals surface area contributed by atoms with E-state index in [9.17, 15) is 0 Å². The molecule has 1 aromatic heterocycles. The Labute approximate surface area is 82.5 Å². The second-order valence-electron chi connectivity index (χ2n) is 3.24. The van der Waals surface area contributed by atoms with Crippen molar-refractivity contribution < 1.29 is 0 Å². The fraction of sp³-hybridized carbons (Fsp3) is 0.300. The number of fused-ring (bicyclic) bond motifs is 1. The zero-order chi connectivity index (χ0) is 10.1. The number of hydrogen-bond donors (Lipinski definition) is 2. The average molecular weight is 190 g/mol. The molecule has 0 aliphatic rings. The van der Waals surface area contributed by atoms with E-state index >= 15 is 0 Å². The van der Waals surface area contributed by atoms with Crippen LogP contribution in [0.25, 0.3) is 11.0 Å². The molecule has 14 heavy (non-hydrogen) atoms. The molecule has 2 rings (SSSR count). The third-order valence-electron chi connectivity index (χ3n) is 2.39. The van der Waals surface area contributed by atoms with Crippen molar-refractivity contribution in [2.45, 2.75) is 20.0 Å². The van der Waals surface area contributed by atoms with Crippen molar-refractivity contribution in [2.75, 3.05) is 5.73 Å². The largest absolute Gasteiger partial charge is 0.369 e. The lowest BCUT2D eigenvalue weighted by molar-refractivity contribution is 0.800. The number of anilines is 1. The van der Waals surface area contributed by atoms with Crippen LogP contribution in [-0.2, 0) is 13.1 Å². The van der Waals surface area contributed by atoms with Gasteiger partial charge in [-0.2, -0.15) is 0 Å². The zero-order valence-corrected chi connectivity index (χ0v) is 8.20. The molecule has 1 aromatic carbocycles. The van der Waals surface area contributed by atoms with Gasteiger partial charge in [0.15, 0.2) is 0 Å². The van der Waals surface area contributed by atoms with Gasteiger partial charge >= 0.3 is 0 Å². The lowest BCUT2D eigenvalue weighted by Crippen LogP contribution is -2.00. The number of rotatable bonds is 2. The highest BCUT2D eigenvalue weighted by Crippen LogP contribution is 2.18. The minimum atomic E-state index is 0.537. The van der Waals surface area contributed by atoms with Crippen LogP contribution in [0, 0.1) is 0 Å². The van der Waals surface area contributed by atoms with Crippen molar-refractivity contribution in [2.24, 2.45) is 5.73 Å². The van der Waals surface area contributed by atoms with E-state index in [0.717, 1.165) is 23.1 Å². The molecule has 0 fully saturated rings. The number of imidazole rings is 1. The number of benzene rings is 1. The zero-order valence-electron chi connectivity index (χ0n) is 8.20. The predicted molar refractivity (Wildman–Crippen MR) is 57.7 cm³/mol. The summed E-state index contributed by atoms with van der Waals surface area (Å²) < 4.78 is 1.98. The van der Waals surface area contributed by atoms with Crippen molar-refractivity contribution in [1.29, 1.82) is 0 Å². The lowest BCUT2D eigenvalue weighted by atomic mass is 10.2. The highest BCUT2D eigenvalue weighted by atomic mass is 15.1. The summed E-state index contributed by atoms with van der Waals surface area (Å²) in [5.74, 6) is 0.566. The van der Waals surface area contributed by atoms with Gasteiger partial charge in [0.1, 0.15) is 0 Å². The Kier molecular flexibility index (Phi) is 2.13. The van der Waals surface area contributed by atoms with Crippen LogP contribution in [0.3, 0.4) is 0 Å². The highest BCUT2D eigenvalue weighted by Gasteiger charge is 2.06. The number of hydrogen-bond acceptors (Lipinski definition) is 3. The Hall–Kier alpha value is -1.55. The van der Waals surface area contributed by atoms with E-state index in [0.29, 0.717) is 12.5 Å². The molecular formula is C10H14N4. The molecule has 0 aliphatic carbocycles. The van der Waals surface area contributed by atoms with E-state index in [4.69, 9.17) is 11.5 Å². The molecule has 0 saturated carbocycles. The lowest BCUT2D eigenvalue weighted by Gasteiger charge is -2.01. The SMILES string of the molecule is CCn1c(N)nc2cc(CN)ccc21. The van der Waals surface area contributed by atoms with E-state index < -0.39 is 0 Å². The molecule has 1 heterocycles. The molecule has 74 valence electrons. The first-order valence-electron chi connectivity index (χ1n) is 4.71. The summed E-state index contributed by atoms with van der Waals surface area (Å²) in [6.07, 6.45) is 0. The van der Waals surface area contributed by atoms with Crippen LogP contribution in [-0.4, -0.2) is 9.55 Å². The normalized spacial score (nSPS) is 11.0. The van der Waals surface area contributed by atoms with Crippen LogP contribution in [0.15, 0.2) is 18.2 Å². The third kappa shape index (κ3) is 1.24. The molecule has 0 aliphatic heterocycles. The van der Waals surface area contributed by atoms with Gasteiger partial charge in [0.05, 0.1) is 11.0 Å². The molecule has 4 nitrogen and oxygen atoms in total. The number of nitrogens with zero attached hydrogens (tertiary/aromatic N) is 2. The summed E-state index contributed by atoms with van der Waals surface area (Å²) in [5.41, 5.74) is 14.4. The van der Waals surface area contributed by atoms with Crippen LogP contribution in [0.2, 0.25) is 0 Å². The first-order chi connectivity index (χ1) is 6.76. The summed E-state index contributed by atoms with van der Waals surface area (Å²) in [6.45, 7) is 3.42. The van der Waals surface area contributed by atoms with Crippen LogP contribution >= 0.6 is 0 Å². The van der Waals surface area contributed by atoms with Gasteiger partial charge in [-0.05, 0) is 24.6 Å². The van der Waals surface area contributed by atoms with Crippen LogP contribution < -0.4 is 11.5 Å². The molecule has 0 amide bonds. The van der Waals surface area contributed by atoms with Gasteiger partial charge in [-0.1, -0.05) is 6.07 Å². The summed E-state index contributed by atoms with van der Waals surface area (Å²) in [7, 11) is 0. The van der Waals surface area contributed by atoms with Crippen LogP contribution in [0.5, 0.6) is 0 Å². The van der Waals surface area contributed by atoms with Crippen molar-refractivity contribution >= 4 is 17.0 Å². The first-order valence-corrected chi connectivity index (χ1v) is 4.71. The van der Waals surface area contributed by atoms with Gasteiger partial charge in [0.2, 0.25) is 5.95 Å². The molecular weight excluding hydrogens is 176 g/mol. The summed E-state index contributed by atoms with van der Waals surface area (Å²) in [6, 6.07) is 6.01. The Bertz CT molecular complexity index is 458. The maximum atomic E-state index is 5.78. The molecule has 0 saturated heterocycles. The quantitative estimate of drug-likeness (QED) is 0.745. The molecule has 0 spiro atoms. The number of aromatic nitrogens is 2. The average Bonchev–Trinajstić information content (AvgIpc) is 2.51. The third-order valence-corrected chi connectivity index (χ3v) is 2.39. The fourth-order valence-electron chi connectivity index (χ4n) is 1.65. The molecule has 0 bridgehead atoms. The van der Waals surface area contributed by atoms with Gasteiger partial charge in [-0.25, -0.2) is 4.98 Å². The van der Waals surface area contributed by atoms with Gasteiger partial charge in [0, 0.05) is 13.1 Å². The summed E-state index contributed by atoms with van der Waals surface area (Å²) in [5, 5.41) is 0. The Morgan fingerprint density at radius 1 is 1.43 bits per heavy atom. The first kappa shape index (κ1) is 9.02. The highest BCUT2D eigenvalue weighted by molar-refractivity contribution is 5.79. The van der Waals surface area contributed by atoms with Crippen LogP contribution in [0.1, 0.15) is 12.5 Å². The predicted octanol–water partition coefficient (Wildman–Crippen LogP) is 1.10. The van der Waals surface area contributed by atoms with E-state index in [1.807, 2.05) is 29.7 Å². The van der Waals surface area contributed by atoms with Crippen molar-refractivity contribution in [1.82, 2.24) is 9.55 Å². The minimum absolute atomic E-state index is 0.537. The molecule has 0 atom stereocenters. The smallest absolute Gasteiger partial charge is 0.201 e. The van der Waals surface area contributed by atoms with E-state index in [1.165, 1.54) is 0 Å². The van der Waals surface area contributed by atoms with E-state index in [2.05, 4.69) is 4.98 Å². The van der Waals surface area contributed by atoms with E-state index in [1.54, 1.807) is 0 Å². The van der Waals surface area contributed by atoms with E-state index in [-0.39, 0.29) is 0 Å². The number of aryl methyl sites for hydroxylation is 1. The second kappa shape index (κ2) is 3.31. The van der Waals surface area contributed by atoms with Gasteiger partial charge < -0.3 is 16.0 Å². The molecule has 4 heteroatoms. The van der Waals surface area contributed by atoms with Gasteiger partial charge in [-0.15, -0.1) is 0 Å². The summed E-state index contributed by atoms with van der Waals surface area (Å²) in [4.78, 5) is 4.28. The molecule has 4 N–H and O–H groups in total. The van der Waals surface area contributed by atoms with Gasteiger partial charge in [0.25, 0.3) is 0 Å². The minimum Gasteiger partial charge on any atom is -0.369 e. The monoisotopic (exact) mass is 190 g/mol. The molecule has 0 radical (unpaired) electrons. The second-order valence-corrected chi connectivity index (χ2v) is 3.24. The maximum Gasteiger partial charge on any atom is 0.201 e. The Balaban J connectivity index is 2.68. The summed E-state index contributed by atoms with van der Waals surface area (Å²) >= 11 is 0. The van der Waals surface area contributed by atoms with Gasteiger partial charge in [-0.3, -0.25) is 0 Å². The number of nitrogens with two attached hydrogens (primary N) is 2. The van der Waals surface area contributed by atoms with Crippen molar-refractivity contribution in [3.63, 3.8) is 0 Å². The maximum absolute atomic E-state index is 5.78. The van der Waals surface area contributed by atoms with Crippen LogP contribution in [0.4, 0.5) is 5.95 Å². The van der Waals surface area contributed by atoms with Crippen molar-refractivity contribution in [3.8, 4) is 0 Å². The fourth-order valence-corrected chi connectivity index (χ4v) is 1.65.